The number of hydrogen-bond donors (Lipinski definition) is 1. The van der Waals surface area contributed by atoms with Crippen molar-refractivity contribution in [2.75, 3.05) is 0 Å². The number of hydrogen-bond acceptors (Lipinski definition) is 2. The van der Waals surface area contributed by atoms with Crippen LogP contribution in [0.15, 0.2) is 77.6 Å². The number of aromatic nitrogens is 1. The van der Waals surface area contributed by atoms with E-state index in [0.29, 0.717) is 12.5 Å². The van der Waals surface area contributed by atoms with Crippen LogP contribution in [0.5, 0.6) is 0 Å². The molecule has 4 aromatic rings. The van der Waals surface area contributed by atoms with Crippen molar-refractivity contribution < 1.29 is 4.79 Å². The normalized spacial score (nSPS) is 12.2. The number of nitrogens with zero attached hydrogens (tertiary/aromatic N) is 1. The zero-order valence-electron chi connectivity index (χ0n) is 18.7. The van der Waals surface area contributed by atoms with Gasteiger partial charge in [0.2, 0.25) is 0 Å². The van der Waals surface area contributed by atoms with Gasteiger partial charge in [-0.2, -0.15) is 0 Å². The molecule has 0 bridgehead atoms. The molecule has 164 valence electrons. The van der Waals surface area contributed by atoms with E-state index in [1.54, 1.807) is 0 Å². The van der Waals surface area contributed by atoms with Crippen molar-refractivity contribution in [1.29, 1.82) is 0 Å². The van der Waals surface area contributed by atoms with Gasteiger partial charge in [0, 0.05) is 0 Å². The maximum absolute atomic E-state index is 12.7. The summed E-state index contributed by atoms with van der Waals surface area (Å²) in [5.41, 5.74) is 4.31. The van der Waals surface area contributed by atoms with Gasteiger partial charge in [0.1, 0.15) is 0 Å². The molecule has 1 N–H and O–H groups in total. The SMILES string of the molecule is CC(C)Cc1ccc(C(C)C(=O)NCc2ccc(-n3[se]c4ccccc4c3=O)cc2)cc1. The molecule has 3 aromatic carbocycles. The van der Waals surface area contributed by atoms with Crippen LogP contribution in [-0.2, 0) is 17.8 Å². The summed E-state index contributed by atoms with van der Waals surface area (Å²) < 4.78 is 2.97. The van der Waals surface area contributed by atoms with E-state index in [-0.39, 0.29) is 32.1 Å². The van der Waals surface area contributed by atoms with Gasteiger partial charge in [-0.3, -0.25) is 0 Å². The van der Waals surface area contributed by atoms with Crippen molar-refractivity contribution in [1.82, 2.24) is 8.88 Å². The van der Waals surface area contributed by atoms with Crippen LogP contribution in [-0.4, -0.2) is 24.2 Å². The molecular formula is C27H28N2O2Se. The second-order valence-electron chi connectivity index (χ2n) is 8.63. The van der Waals surface area contributed by atoms with Crippen molar-refractivity contribution in [2.45, 2.75) is 39.7 Å². The van der Waals surface area contributed by atoms with Gasteiger partial charge < -0.3 is 0 Å². The van der Waals surface area contributed by atoms with E-state index in [4.69, 9.17) is 0 Å². The molecule has 1 aromatic heterocycles. The van der Waals surface area contributed by atoms with Crippen LogP contribution in [0.3, 0.4) is 0 Å². The van der Waals surface area contributed by atoms with Gasteiger partial charge in [0.05, 0.1) is 0 Å². The standard InChI is InChI=1S/C27H28N2O2Se/c1-18(2)16-20-8-12-22(13-9-20)19(3)26(30)28-17-21-10-14-23(15-11-21)29-27(31)24-6-4-5-7-25(24)32-29/h4-15,18-19H,16-17H2,1-3H3,(H,28,30). The van der Waals surface area contributed by atoms with Crippen LogP contribution in [0.2, 0.25) is 0 Å². The summed E-state index contributed by atoms with van der Waals surface area (Å²) in [6.45, 7) is 6.82. The third-order valence-electron chi connectivity index (χ3n) is 5.65. The molecule has 0 aliphatic heterocycles. The molecule has 0 saturated heterocycles. The molecule has 0 saturated carbocycles. The van der Waals surface area contributed by atoms with Gasteiger partial charge in [-0.25, -0.2) is 0 Å². The molecule has 4 rings (SSSR count). The Balaban J connectivity index is 1.39. The van der Waals surface area contributed by atoms with Gasteiger partial charge in [-0.15, -0.1) is 0 Å². The van der Waals surface area contributed by atoms with E-state index < -0.39 is 0 Å². The Morgan fingerprint density at radius 2 is 1.56 bits per heavy atom. The topological polar surface area (TPSA) is 51.1 Å². The number of nitrogens with one attached hydrogen (secondary N) is 1. The molecule has 0 aliphatic rings. The summed E-state index contributed by atoms with van der Waals surface area (Å²) in [6, 6.07) is 24.0. The quantitative estimate of drug-likeness (QED) is 0.382. The van der Waals surface area contributed by atoms with Crippen LogP contribution in [0.25, 0.3) is 15.3 Å². The van der Waals surface area contributed by atoms with Crippen molar-refractivity contribution in [3.8, 4) is 5.69 Å². The van der Waals surface area contributed by atoms with Crippen molar-refractivity contribution >= 4 is 30.3 Å². The number of benzene rings is 3. The van der Waals surface area contributed by atoms with E-state index in [2.05, 4.69) is 43.4 Å². The number of carbonyl (C=O) groups excluding carboxylic acids is 1. The first-order valence-electron chi connectivity index (χ1n) is 11.0. The molecule has 4 nitrogen and oxygen atoms in total. The fourth-order valence-electron chi connectivity index (χ4n) is 3.80. The van der Waals surface area contributed by atoms with Crippen LogP contribution >= 0.6 is 0 Å². The van der Waals surface area contributed by atoms with E-state index in [9.17, 15) is 9.59 Å². The van der Waals surface area contributed by atoms with Crippen molar-refractivity contribution in [3.05, 3.63) is 99.8 Å². The molecule has 1 unspecified atom stereocenters. The predicted octanol–water partition coefficient (Wildman–Crippen LogP) is 4.67. The molecular weight excluding hydrogens is 463 g/mol. The Kier molecular flexibility index (Phi) is 6.78. The average molecular weight is 491 g/mol. The predicted molar refractivity (Wildman–Crippen MR) is 132 cm³/mol. The average Bonchev–Trinajstić information content (AvgIpc) is 3.14. The van der Waals surface area contributed by atoms with Crippen LogP contribution in [0, 0.1) is 5.92 Å². The molecule has 0 spiro atoms. The molecule has 0 aliphatic carbocycles. The summed E-state index contributed by atoms with van der Waals surface area (Å²) in [6.07, 6.45) is 1.05. The Morgan fingerprint density at radius 1 is 0.906 bits per heavy atom. The van der Waals surface area contributed by atoms with Crippen molar-refractivity contribution in [3.63, 3.8) is 0 Å². The minimum absolute atomic E-state index is 0.0131. The Hall–Kier alpha value is -2.88. The molecule has 5 heteroatoms. The number of carbonyl (C=O) groups is 1. The number of amides is 1. The monoisotopic (exact) mass is 492 g/mol. The van der Waals surface area contributed by atoms with E-state index in [0.717, 1.165) is 32.9 Å². The first-order chi connectivity index (χ1) is 15.4. The molecule has 1 atom stereocenters. The molecule has 1 heterocycles. The molecule has 0 fully saturated rings. The summed E-state index contributed by atoms with van der Waals surface area (Å²) in [5, 5.41) is 3.84. The van der Waals surface area contributed by atoms with Gasteiger partial charge in [-0.05, 0) is 17.9 Å². The second-order valence-corrected chi connectivity index (χ2v) is 10.7. The molecule has 32 heavy (non-hydrogen) atoms. The maximum atomic E-state index is 12.7. The Morgan fingerprint density at radius 3 is 2.22 bits per heavy atom. The second kappa shape index (κ2) is 9.72. The summed E-state index contributed by atoms with van der Waals surface area (Å²) in [5.74, 6) is 0.429. The van der Waals surface area contributed by atoms with Gasteiger partial charge >= 0.3 is 163 Å². The third kappa shape index (κ3) is 4.95. The first-order valence-corrected chi connectivity index (χ1v) is 12.6. The van der Waals surface area contributed by atoms with Crippen LogP contribution < -0.4 is 10.9 Å². The first kappa shape index (κ1) is 22.3. The summed E-state index contributed by atoms with van der Waals surface area (Å²) in [7, 11) is 0. The zero-order valence-corrected chi connectivity index (χ0v) is 20.4. The summed E-state index contributed by atoms with van der Waals surface area (Å²) in [4.78, 5) is 25.3. The molecule has 0 radical (unpaired) electrons. The third-order valence-corrected chi connectivity index (χ3v) is 7.98. The number of rotatable bonds is 7. The van der Waals surface area contributed by atoms with E-state index in [1.165, 1.54) is 5.56 Å². The van der Waals surface area contributed by atoms with Crippen LogP contribution in [0.4, 0.5) is 0 Å². The summed E-state index contributed by atoms with van der Waals surface area (Å²) >= 11 is -0.0381. The zero-order chi connectivity index (χ0) is 22.7. The van der Waals surface area contributed by atoms with Gasteiger partial charge in [0.25, 0.3) is 0 Å². The Labute approximate surface area is 194 Å². The van der Waals surface area contributed by atoms with E-state index in [1.807, 2.05) is 59.0 Å². The minimum atomic E-state index is -0.203. The van der Waals surface area contributed by atoms with Gasteiger partial charge in [-0.1, -0.05) is 13.8 Å². The molecule has 1 amide bonds. The fraction of sp³-hybridized carbons (Fsp3) is 0.259. The van der Waals surface area contributed by atoms with E-state index >= 15 is 0 Å². The van der Waals surface area contributed by atoms with Crippen LogP contribution in [0.1, 0.15) is 43.4 Å². The Bertz CT molecular complexity index is 1270. The fourth-order valence-corrected chi connectivity index (χ4v) is 5.89. The number of fused-ring (bicyclic) bond motifs is 1. The van der Waals surface area contributed by atoms with Crippen molar-refractivity contribution in [2.24, 2.45) is 5.92 Å². The van der Waals surface area contributed by atoms with Gasteiger partial charge in [0.15, 0.2) is 0 Å².